The summed E-state index contributed by atoms with van der Waals surface area (Å²) in [4.78, 5) is 0.190. The Morgan fingerprint density at radius 3 is 2.71 bits per heavy atom. The van der Waals surface area contributed by atoms with Crippen molar-refractivity contribution in [1.82, 2.24) is 4.31 Å². The Balaban J connectivity index is 2.35. The van der Waals surface area contributed by atoms with E-state index in [0.717, 1.165) is 5.56 Å². The van der Waals surface area contributed by atoms with Gasteiger partial charge in [-0.15, -0.1) is 0 Å². The number of benzene rings is 1. The highest BCUT2D eigenvalue weighted by molar-refractivity contribution is 7.89. The Labute approximate surface area is 101 Å². The lowest BCUT2D eigenvalue weighted by molar-refractivity contribution is 0.189. The number of aliphatic hydroxyl groups excluding tert-OH is 1. The maximum atomic E-state index is 12.2. The van der Waals surface area contributed by atoms with Gasteiger partial charge in [0.2, 0.25) is 10.0 Å². The fourth-order valence-corrected chi connectivity index (χ4v) is 3.39. The number of β-amino-alcohol motifs (C(OH)–C–C–N with tert-alkyl or cyclic N) is 1. The van der Waals surface area contributed by atoms with E-state index in [0.29, 0.717) is 18.7 Å². The van der Waals surface area contributed by atoms with E-state index in [1.54, 1.807) is 12.1 Å². The van der Waals surface area contributed by atoms with E-state index in [2.05, 4.69) is 0 Å². The predicted octanol–water partition coefficient (Wildman–Crippen LogP) is 0.333. The molecule has 2 rings (SSSR count). The van der Waals surface area contributed by atoms with Crippen LogP contribution in [0.4, 0.5) is 5.69 Å². The molecule has 1 heterocycles. The van der Waals surface area contributed by atoms with E-state index < -0.39 is 16.1 Å². The van der Waals surface area contributed by atoms with Gasteiger partial charge in [-0.3, -0.25) is 0 Å². The number of aryl methyl sites for hydroxylation is 1. The summed E-state index contributed by atoms with van der Waals surface area (Å²) in [5.41, 5.74) is 7.03. The number of nitrogens with zero attached hydrogens (tertiary/aromatic N) is 1. The van der Waals surface area contributed by atoms with Gasteiger partial charge < -0.3 is 10.8 Å². The molecule has 1 atom stereocenters. The van der Waals surface area contributed by atoms with Crippen LogP contribution in [0.25, 0.3) is 0 Å². The molecular formula is C11H16N2O3S. The lowest BCUT2D eigenvalue weighted by Crippen LogP contribution is -2.29. The second-order valence-corrected chi connectivity index (χ2v) is 6.26. The van der Waals surface area contributed by atoms with Crippen molar-refractivity contribution in [1.29, 1.82) is 0 Å². The molecule has 0 amide bonds. The first kappa shape index (κ1) is 12.3. The molecule has 17 heavy (non-hydrogen) atoms. The van der Waals surface area contributed by atoms with E-state index in [4.69, 9.17) is 5.73 Å². The molecule has 1 aromatic carbocycles. The normalized spacial score (nSPS) is 21.9. The fourth-order valence-electron chi connectivity index (χ4n) is 1.86. The van der Waals surface area contributed by atoms with Crippen LogP contribution in [0, 0.1) is 6.92 Å². The van der Waals surface area contributed by atoms with Gasteiger partial charge in [-0.2, -0.15) is 4.31 Å². The predicted molar refractivity (Wildman–Crippen MR) is 65.0 cm³/mol. The molecule has 0 unspecified atom stereocenters. The van der Waals surface area contributed by atoms with Crippen molar-refractivity contribution >= 4 is 15.7 Å². The third kappa shape index (κ3) is 2.29. The van der Waals surface area contributed by atoms with Gasteiger partial charge in [0.25, 0.3) is 0 Å². The minimum atomic E-state index is -3.52. The third-order valence-corrected chi connectivity index (χ3v) is 4.88. The molecule has 5 nitrogen and oxygen atoms in total. The average molecular weight is 256 g/mol. The number of hydrogen-bond donors (Lipinski definition) is 2. The van der Waals surface area contributed by atoms with E-state index >= 15 is 0 Å². The number of nitrogen functional groups attached to an aromatic ring is 1. The first-order chi connectivity index (χ1) is 7.91. The molecule has 1 aliphatic heterocycles. The topological polar surface area (TPSA) is 83.6 Å². The smallest absolute Gasteiger partial charge is 0.243 e. The molecule has 6 heteroatoms. The molecule has 0 aliphatic carbocycles. The van der Waals surface area contributed by atoms with Gasteiger partial charge >= 0.3 is 0 Å². The van der Waals surface area contributed by atoms with Crippen LogP contribution in [0.2, 0.25) is 0 Å². The number of sulfonamides is 1. The van der Waals surface area contributed by atoms with Crippen molar-refractivity contribution in [3.8, 4) is 0 Å². The lowest BCUT2D eigenvalue weighted by atomic mass is 10.2. The summed E-state index contributed by atoms with van der Waals surface area (Å²) in [5, 5.41) is 9.38. The Bertz CT molecular complexity index is 528. The van der Waals surface area contributed by atoms with Crippen LogP contribution >= 0.6 is 0 Å². The lowest BCUT2D eigenvalue weighted by Gasteiger charge is -2.16. The number of nitrogens with two attached hydrogens (primary N) is 1. The Hall–Kier alpha value is -1.11. The molecule has 1 saturated heterocycles. The first-order valence-corrected chi connectivity index (χ1v) is 6.89. The first-order valence-electron chi connectivity index (χ1n) is 5.45. The highest BCUT2D eigenvalue weighted by Gasteiger charge is 2.31. The minimum absolute atomic E-state index is 0.163. The SMILES string of the molecule is Cc1ccc(S(=O)(=O)N2CC[C@@H](O)C2)cc1N. The average Bonchev–Trinajstić information content (AvgIpc) is 2.69. The van der Waals surface area contributed by atoms with Crippen molar-refractivity contribution in [2.24, 2.45) is 0 Å². The van der Waals surface area contributed by atoms with Crippen molar-refractivity contribution in [3.05, 3.63) is 23.8 Å². The van der Waals surface area contributed by atoms with Gasteiger partial charge in [0.1, 0.15) is 0 Å². The second-order valence-electron chi connectivity index (χ2n) is 4.32. The fraction of sp³-hybridized carbons (Fsp3) is 0.455. The van der Waals surface area contributed by atoms with Crippen LogP contribution in [0.1, 0.15) is 12.0 Å². The Kier molecular flexibility index (Phi) is 3.11. The number of anilines is 1. The maximum absolute atomic E-state index is 12.2. The van der Waals surface area contributed by atoms with E-state index in [-0.39, 0.29) is 11.4 Å². The van der Waals surface area contributed by atoms with Gasteiger partial charge in [-0.1, -0.05) is 6.07 Å². The maximum Gasteiger partial charge on any atom is 0.243 e. The zero-order chi connectivity index (χ0) is 12.6. The molecule has 0 spiro atoms. The van der Waals surface area contributed by atoms with Gasteiger partial charge in [0.15, 0.2) is 0 Å². The van der Waals surface area contributed by atoms with Crippen LogP contribution in [-0.4, -0.2) is 37.0 Å². The number of rotatable bonds is 2. The molecule has 94 valence electrons. The van der Waals surface area contributed by atoms with Crippen LogP contribution in [0.15, 0.2) is 23.1 Å². The standard InChI is InChI=1S/C11H16N2O3S/c1-8-2-3-10(6-11(8)12)17(15,16)13-5-4-9(14)7-13/h2-3,6,9,14H,4-5,7,12H2,1H3/t9-/m1/s1. The van der Waals surface area contributed by atoms with Crippen LogP contribution < -0.4 is 5.73 Å². The monoisotopic (exact) mass is 256 g/mol. The molecule has 1 aromatic rings. The van der Waals surface area contributed by atoms with Crippen LogP contribution in [0.5, 0.6) is 0 Å². The molecule has 0 saturated carbocycles. The van der Waals surface area contributed by atoms with E-state index in [9.17, 15) is 13.5 Å². The molecule has 1 aliphatic rings. The Morgan fingerprint density at radius 1 is 1.47 bits per heavy atom. The molecule has 0 aromatic heterocycles. The minimum Gasteiger partial charge on any atom is -0.398 e. The summed E-state index contributed by atoms with van der Waals surface area (Å²) in [6.07, 6.45) is -0.0758. The Morgan fingerprint density at radius 2 is 2.18 bits per heavy atom. The van der Waals surface area contributed by atoms with Crippen LogP contribution in [0.3, 0.4) is 0 Å². The van der Waals surface area contributed by atoms with E-state index in [1.165, 1.54) is 10.4 Å². The van der Waals surface area contributed by atoms with Crippen molar-refractivity contribution in [2.45, 2.75) is 24.3 Å². The zero-order valence-corrected chi connectivity index (χ0v) is 10.4. The quantitative estimate of drug-likeness (QED) is 0.747. The van der Waals surface area contributed by atoms with Crippen molar-refractivity contribution < 1.29 is 13.5 Å². The van der Waals surface area contributed by atoms with Gasteiger partial charge in [0.05, 0.1) is 11.0 Å². The molecule has 0 radical (unpaired) electrons. The van der Waals surface area contributed by atoms with Gasteiger partial charge in [0, 0.05) is 18.8 Å². The van der Waals surface area contributed by atoms with Gasteiger partial charge in [-0.25, -0.2) is 8.42 Å². The molecule has 3 N–H and O–H groups in total. The third-order valence-electron chi connectivity index (χ3n) is 3.01. The van der Waals surface area contributed by atoms with Gasteiger partial charge in [-0.05, 0) is 31.0 Å². The van der Waals surface area contributed by atoms with Crippen LogP contribution in [-0.2, 0) is 10.0 Å². The van der Waals surface area contributed by atoms with E-state index in [1.807, 2.05) is 6.92 Å². The van der Waals surface area contributed by atoms with Crippen molar-refractivity contribution in [2.75, 3.05) is 18.8 Å². The summed E-state index contributed by atoms with van der Waals surface area (Å²) in [7, 11) is -3.52. The zero-order valence-electron chi connectivity index (χ0n) is 9.63. The largest absolute Gasteiger partial charge is 0.398 e. The number of aliphatic hydroxyl groups is 1. The summed E-state index contributed by atoms with van der Waals surface area (Å²) < 4.78 is 25.7. The molecule has 0 bridgehead atoms. The molecular weight excluding hydrogens is 240 g/mol. The molecule has 1 fully saturated rings. The summed E-state index contributed by atoms with van der Waals surface area (Å²) >= 11 is 0. The summed E-state index contributed by atoms with van der Waals surface area (Å²) in [5.74, 6) is 0. The van der Waals surface area contributed by atoms with Crippen molar-refractivity contribution in [3.63, 3.8) is 0 Å². The highest BCUT2D eigenvalue weighted by Crippen LogP contribution is 2.23. The highest BCUT2D eigenvalue weighted by atomic mass is 32.2. The second kappa shape index (κ2) is 4.29. The summed E-state index contributed by atoms with van der Waals surface area (Å²) in [6.45, 7) is 2.35. The summed E-state index contributed by atoms with van der Waals surface area (Å²) in [6, 6.07) is 4.70. The number of hydrogen-bond acceptors (Lipinski definition) is 4.